The van der Waals surface area contributed by atoms with E-state index in [4.69, 9.17) is 4.42 Å². The Hall–Kier alpha value is -6.44. The summed E-state index contributed by atoms with van der Waals surface area (Å²) < 4.78 is 6.74. The third-order valence-corrected chi connectivity index (χ3v) is 10.4. The highest BCUT2D eigenvalue weighted by atomic mass is 16.3. The number of aryl methyl sites for hydroxylation is 1. The minimum absolute atomic E-state index is 0.903. The number of rotatable bonds is 4. The van der Waals surface area contributed by atoms with Crippen LogP contribution in [0.15, 0.2) is 180 Å². The Morgan fingerprint density at radius 2 is 0.900 bits per heavy atom. The van der Waals surface area contributed by atoms with E-state index in [9.17, 15) is 0 Å². The first kappa shape index (κ1) is 28.6. The zero-order chi connectivity index (χ0) is 33.2. The Kier molecular flexibility index (Phi) is 6.47. The molecule has 0 saturated carbocycles. The predicted molar refractivity (Wildman–Crippen MR) is 213 cm³/mol. The first-order valence-corrected chi connectivity index (χ1v) is 17.3. The van der Waals surface area contributed by atoms with Crippen molar-refractivity contribution in [1.82, 2.24) is 0 Å². The van der Waals surface area contributed by atoms with E-state index >= 15 is 0 Å². The Morgan fingerprint density at radius 1 is 0.360 bits per heavy atom. The predicted octanol–water partition coefficient (Wildman–Crippen LogP) is 14.0. The van der Waals surface area contributed by atoms with Crippen LogP contribution in [0.1, 0.15) is 5.56 Å². The van der Waals surface area contributed by atoms with Gasteiger partial charge in [-0.25, -0.2) is 0 Å². The van der Waals surface area contributed by atoms with Gasteiger partial charge in [-0.05, 0) is 95.9 Å². The number of fused-ring (bicyclic) bond motifs is 6. The molecule has 1 nitrogen and oxygen atoms in total. The Balaban J connectivity index is 1.20. The molecule has 1 heterocycles. The van der Waals surface area contributed by atoms with Crippen LogP contribution in [0.5, 0.6) is 0 Å². The van der Waals surface area contributed by atoms with Crippen molar-refractivity contribution in [2.45, 2.75) is 6.92 Å². The van der Waals surface area contributed by atoms with E-state index in [2.05, 4.69) is 183 Å². The van der Waals surface area contributed by atoms with Crippen molar-refractivity contribution in [3.8, 4) is 44.5 Å². The fourth-order valence-electron chi connectivity index (χ4n) is 8.07. The summed E-state index contributed by atoms with van der Waals surface area (Å²) in [4.78, 5) is 0. The van der Waals surface area contributed by atoms with Gasteiger partial charge in [0.2, 0.25) is 0 Å². The molecule has 234 valence electrons. The van der Waals surface area contributed by atoms with Crippen LogP contribution in [0.3, 0.4) is 0 Å². The van der Waals surface area contributed by atoms with Gasteiger partial charge >= 0.3 is 0 Å². The van der Waals surface area contributed by atoms with Crippen LogP contribution in [0.2, 0.25) is 0 Å². The first-order valence-electron chi connectivity index (χ1n) is 17.3. The van der Waals surface area contributed by atoms with Crippen LogP contribution in [0, 0.1) is 6.92 Å². The van der Waals surface area contributed by atoms with Crippen molar-refractivity contribution in [3.63, 3.8) is 0 Å². The highest BCUT2D eigenvalue weighted by Crippen LogP contribution is 2.48. The number of hydrogen-bond donors (Lipinski definition) is 0. The lowest BCUT2D eigenvalue weighted by molar-refractivity contribution is 0.670. The van der Waals surface area contributed by atoms with Gasteiger partial charge in [-0.2, -0.15) is 0 Å². The molecule has 0 amide bonds. The second-order valence-electron chi connectivity index (χ2n) is 13.3. The van der Waals surface area contributed by atoms with E-state index in [0.29, 0.717) is 0 Å². The van der Waals surface area contributed by atoms with Crippen LogP contribution in [-0.2, 0) is 0 Å². The van der Waals surface area contributed by atoms with E-state index < -0.39 is 0 Å². The van der Waals surface area contributed by atoms with Crippen LogP contribution in [0.25, 0.3) is 98.8 Å². The van der Waals surface area contributed by atoms with Crippen molar-refractivity contribution in [3.05, 3.63) is 181 Å². The maximum Gasteiger partial charge on any atom is 0.143 e. The van der Waals surface area contributed by atoms with Gasteiger partial charge < -0.3 is 4.42 Å². The minimum Gasteiger partial charge on any atom is -0.455 e. The monoisotopic (exact) mass is 636 g/mol. The van der Waals surface area contributed by atoms with Crippen LogP contribution in [0.4, 0.5) is 0 Å². The molecule has 1 aromatic heterocycles. The summed E-state index contributed by atoms with van der Waals surface area (Å²) >= 11 is 0. The molecule has 0 radical (unpaired) electrons. The second kappa shape index (κ2) is 11.3. The molecule has 0 unspecified atom stereocenters. The van der Waals surface area contributed by atoms with Crippen molar-refractivity contribution in [1.29, 1.82) is 0 Å². The third-order valence-electron chi connectivity index (χ3n) is 10.4. The highest BCUT2D eigenvalue weighted by molar-refractivity contribution is 6.26. The fourth-order valence-corrected chi connectivity index (χ4v) is 8.07. The zero-order valence-electron chi connectivity index (χ0n) is 27.7. The third kappa shape index (κ3) is 4.41. The lowest BCUT2D eigenvalue weighted by Gasteiger charge is -2.18. The second-order valence-corrected chi connectivity index (χ2v) is 13.3. The largest absolute Gasteiger partial charge is 0.455 e. The molecular weight excluding hydrogens is 605 g/mol. The van der Waals surface area contributed by atoms with E-state index in [1.165, 1.54) is 76.8 Å². The standard InChI is InChI=1S/C49H32O/c1-31-12-2-5-15-37(31)42-20-10-22-44-48-43(21-11-23-45(48)50-49(42)44)47-40-18-8-6-16-38(40)46(39-17-7-9-19-41(39)47)34-27-24-33(25-28-34)36-29-26-32-13-3-4-14-35(32)30-36/h2-30H,1H3. The Morgan fingerprint density at radius 3 is 1.64 bits per heavy atom. The zero-order valence-corrected chi connectivity index (χ0v) is 27.7. The molecular formula is C49H32O. The summed E-state index contributed by atoms with van der Waals surface area (Å²) in [5.41, 5.74) is 12.7. The van der Waals surface area contributed by atoms with E-state index in [-0.39, 0.29) is 0 Å². The molecule has 0 bridgehead atoms. The maximum atomic E-state index is 6.74. The molecule has 0 N–H and O–H groups in total. The fraction of sp³-hybridized carbons (Fsp3) is 0.0204. The van der Waals surface area contributed by atoms with Gasteiger partial charge in [0.25, 0.3) is 0 Å². The Labute approximate surface area is 290 Å². The van der Waals surface area contributed by atoms with Crippen molar-refractivity contribution in [2.75, 3.05) is 0 Å². The van der Waals surface area contributed by atoms with Gasteiger partial charge in [0.15, 0.2) is 0 Å². The maximum absolute atomic E-state index is 6.74. The summed E-state index contributed by atoms with van der Waals surface area (Å²) in [6.07, 6.45) is 0. The van der Waals surface area contributed by atoms with Gasteiger partial charge in [0.05, 0.1) is 0 Å². The molecule has 50 heavy (non-hydrogen) atoms. The summed E-state index contributed by atoms with van der Waals surface area (Å²) in [7, 11) is 0. The molecule has 0 atom stereocenters. The van der Waals surface area contributed by atoms with Gasteiger partial charge in [0.1, 0.15) is 11.2 Å². The van der Waals surface area contributed by atoms with Gasteiger partial charge in [-0.15, -0.1) is 0 Å². The molecule has 9 aromatic carbocycles. The summed E-state index contributed by atoms with van der Waals surface area (Å²) in [5, 5.41) is 9.76. The normalized spacial score (nSPS) is 11.7. The molecule has 0 spiro atoms. The van der Waals surface area contributed by atoms with E-state index in [1.54, 1.807) is 0 Å². The van der Waals surface area contributed by atoms with Crippen molar-refractivity contribution < 1.29 is 4.42 Å². The summed E-state index contributed by atoms with van der Waals surface area (Å²) in [6.45, 7) is 2.17. The van der Waals surface area contributed by atoms with Crippen LogP contribution >= 0.6 is 0 Å². The van der Waals surface area contributed by atoms with E-state index in [1.807, 2.05) is 0 Å². The minimum atomic E-state index is 0.903. The highest BCUT2D eigenvalue weighted by Gasteiger charge is 2.21. The first-order chi connectivity index (χ1) is 24.7. The molecule has 0 saturated heterocycles. The lowest BCUT2D eigenvalue weighted by atomic mass is 9.84. The van der Waals surface area contributed by atoms with Crippen LogP contribution in [-0.4, -0.2) is 0 Å². The lowest BCUT2D eigenvalue weighted by Crippen LogP contribution is -1.91. The number of hydrogen-bond acceptors (Lipinski definition) is 1. The average Bonchev–Trinajstić information content (AvgIpc) is 3.57. The summed E-state index contributed by atoms with van der Waals surface area (Å²) in [5.74, 6) is 0. The summed E-state index contributed by atoms with van der Waals surface area (Å²) in [6, 6.07) is 63.8. The number of furan rings is 1. The molecule has 0 aliphatic heterocycles. The number of benzene rings is 9. The van der Waals surface area contributed by atoms with Crippen molar-refractivity contribution in [2.24, 2.45) is 0 Å². The SMILES string of the molecule is Cc1ccccc1-c1cccc2c1oc1cccc(-c3c4ccccc4c(-c4ccc(-c5ccc6ccccc6c5)cc4)c4ccccc34)c12. The molecule has 10 rings (SSSR count). The molecule has 0 fully saturated rings. The topological polar surface area (TPSA) is 13.1 Å². The van der Waals surface area contributed by atoms with Crippen molar-refractivity contribution >= 4 is 54.3 Å². The van der Waals surface area contributed by atoms with Crippen LogP contribution < -0.4 is 0 Å². The Bertz CT molecular complexity index is 2870. The molecule has 0 aliphatic carbocycles. The average molecular weight is 637 g/mol. The molecule has 10 aromatic rings. The van der Waals surface area contributed by atoms with E-state index in [0.717, 1.165) is 27.5 Å². The van der Waals surface area contributed by atoms with Gasteiger partial charge in [0, 0.05) is 16.3 Å². The van der Waals surface area contributed by atoms with Gasteiger partial charge in [-0.3, -0.25) is 0 Å². The number of para-hydroxylation sites is 1. The quantitative estimate of drug-likeness (QED) is 0.175. The van der Waals surface area contributed by atoms with Gasteiger partial charge in [-0.1, -0.05) is 164 Å². The molecule has 0 aliphatic rings. The molecule has 1 heteroatoms. The smallest absolute Gasteiger partial charge is 0.143 e.